The fourth-order valence-electron chi connectivity index (χ4n) is 1.04. The van der Waals surface area contributed by atoms with E-state index in [1.54, 1.807) is 6.08 Å². The van der Waals surface area contributed by atoms with Gasteiger partial charge >= 0.3 is 0 Å². The molecule has 0 unspecified atom stereocenters. The van der Waals surface area contributed by atoms with Crippen molar-refractivity contribution in [2.45, 2.75) is 13.3 Å². The standard InChI is InChI=1S/C11H13FN2OS/c1-8(15)16-5-3-2-4-9-6-10(12)11(13)14-7-9/h2,4,6-7H,3,5H2,1H3,(H2,13,14). The Morgan fingerprint density at radius 2 is 2.44 bits per heavy atom. The summed E-state index contributed by atoms with van der Waals surface area (Å²) in [4.78, 5) is 14.3. The smallest absolute Gasteiger partial charge is 0.185 e. The van der Waals surface area contributed by atoms with Gasteiger partial charge in [-0.2, -0.15) is 0 Å². The Bertz CT molecular complexity index is 407. The highest BCUT2D eigenvalue weighted by Crippen LogP contribution is 2.10. The van der Waals surface area contributed by atoms with Crippen LogP contribution in [0.3, 0.4) is 0 Å². The number of aromatic nitrogens is 1. The Hall–Kier alpha value is -1.36. The van der Waals surface area contributed by atoms with Gasteiger partial charge in [-0.3, -0.25) is 4.79 Å². The van der Waals surface area contributed by atoms with Crippen molar-refractivity contribution >= 4 is 28.8 Å². The molecule has 1 heterocycles. The lowest BCUT2D eigenvalue weighted by molar-refractivity contribution is -0.109. The van der Waals surface area contributed by atoms with E-state index in [9.17, 15) is 9.18 Å². The van der Waals surface area contributed by atoms with E-state index in [0.29, 0.717) is 5.56 Å². The summed E-state index contributed by atoms with van der Waals surface area (Å²) in [5.41, 5.74) is 5.91. The molecule has 2 N–H and O–H groups in total. The van der Waals surface area contributed by atoms with Gasteiger partial charge in [-0.05, 0) is 18.1 Å². The van der Waals surface area contributed by atoms with Crippen LogP contribution < -0.4 is 5.73 Å². The molecule has 0 radical (unpaired) electrons. The van der Waals surface area contributed by atoms with Gasteiger partial charge in [0.2, 0.25) is 0 Å². The summed E-state index contributed by atoms with van der Waals surface area (Å²) in [7, 11) is 0. The fourth-order valence-corrected chi connectivity index (χ4v) is 1.59. The fraction of sp³-hybridized carbons (Fsp3) is 0.273. The van der Waals surface area contributed by atoms with Crippen molar-refractivity contribution in [1.82, 2.24) is 4.98 Å². The third kappa shape index (κ3) is 4.44. The largest absolute Gasteiger partial charge is 0.381 e. The Balaban J connectivity index is 2.44. The van der Waals surface area contributed by atoms with Crippen LogP contribution in [0.4, 0.5) is 10.2 Å². The molecule has 1 aromatic rings. The maximum Gasteiger partial charge on any atom is 0.185 e. The summed E-state index contributed by atoms with van der Waals surface area (Å²) < 4.78 is 13.0. The van der Waals surface area contributed by atoms with Crippen LogP contribution in [0.1, 0.15) is 18.9 Å². The topological polar surface area (TPSA) is 56.0 Å². The highest BCUT2D eigenvalue weighted by atomic mass is 32.2. The first-order valence-corrected chi connectivity index (χ1v) is 5.79. The van der Waals surface area contributed by atoms with Gasteiger partial charge in [0.25, 0.3) is 0 Å². The van der Waals surface area contributed by atoms with Crippen LogP contribution in [0.15, 0.2) is 18.3 Å². The van der Waals surface area contributed by atoms with Crippen molar-refractivity contribution in [3.05, 3.63) is 29.7 Å². The second-order valence-electron chi connectivity index (χ2n) is 3.17. The van der Waals surface area contributed by atoms with Crippen LogP contribution >= 0.6 is 11.8 Å². The van der Waals surface area contributed by atoms with E-state index in [0.717, 1.165) is 12.2 Å². The zero-order valence-corrected chi connectivity index (χ0v) is 9.76. The van der Waals surface area contributed by atoms with Crippen molar-refractivity contribution in [2.75, 3.05) is 11.5 Å². The van der Waals surface area contributed by atoms with Gasteiger partial charge in [0.15, 0.2) is 16.8 Å². The summed E-state index contributed by atoms with van der Waals surface area (Å²) in [6.07, 6.45) is 5.90. The number of halogens is 1. The van der Waals surface area contributed by atoms with E-state index in [-0.39, 0.29) is 10.9 Å². The number of carbonyl (C=O) groups is 1. The molecule has 5 heteroatoms. The number of allylic oxidation sites excluding steroid dienone is 1. The van der Waals surface area contributed by atoms with E-state index < -0.39 is 5.82 Å². The Labute approximate surface area is 97.9 Å². The predicted octanol–water partition coefficient (Wildman–Crippen LogP) is 2.49. The molecular formula is C11H13FN2OS. The molecule has 0 aliphatic heterocycles. The predicted molar refractivity (Wildman–Crippen MR) is 65.4 cm³/mol. The lowest BCUT2D eigenvalue weighted by Crippen LogP contribution is -1.94. The molecule has 0 spiro atoms. The number of nitrogens with zero attached hydrogens (tertiary/aromatic N) is 1. The minimum atomic E-state index is -0.514. The molecule has 1 rings (SSSR count). The van der Waals surface area contributed by atoms with Crippen molar-refractivity contribution in [3.63, 3.8) is 0 Å². The summed E-state index contributed by atoms with van der Waals surface area (Å²) in [6.45, 7) is 1.54. The van der Waals surface area contributed by atoms with Gasteiger partial charge in [0.05, 0.1) is 0 Å². The number of nitrogen functional groups attached to an aromatic ring is 1. The zero-order valence-electron chi connectivity index (χ0n) is 8.94. The molecule has 86 valence electrons. The normalized spacial score (nSPS) is 10.9. The lowest BCUT2D eigenvalue weighted by atomic mass is 10.2. The quantitative estimate of drug-likeness (QED) is 0.821. The van der Waals surface area contributed by atoms with E-state index >= 15 is 0 Å². The number of rotatable bonds is 4. The molecular weight excluding hydrogens is 227 g/mol. The highest BCUT2D eigenvalue weighted by Gasteiger charge is 1.98. The summed E-state index contributed by atoms with van der Waals surface area (Å²) in [6, 6.07) is 1.33. The lowest BCUT2D eigenvalue weighted by Gasteiger charge is -1.97. The van der Waals surface area contributed by atoms with Crippen LogP contribution in [0, 0.1) is 5.82 Å². The van der Waals surface area contributed by atoms with Crippen LogP contribution in [0.25, 0.3) is 6.08 Å². The minimum Gasteiger partial charge on any atom is -0.381 e. The van der Waals surface area contributed by atoms with E-state index in [1.807, 2.05) is 6.08 Å². The van der Waals surface area contributed by atoms with Gasteiger partial charge in [0.1, 0.15) is 0 Å². The molecule has 0 atom stereocenters. The van der Waals surface area contributed by atoms with Gasteiger partial charge in [-0.1, -0.05) is 23.9 Å². The average molecular weight is 240 g/mol. The molecule has 0 saturated heterocycles. The van der Waals surface area contributed by atoms with E-state index in [4.69, 9.17) is 5.73 Å². The highest BCUT2D eigenvalue weighted by molar-refractivity contribution is 8.13. The van der Waals surface area contributed by atoms with Crippen molar-refractivity contribution in [1.29, 1.82) is 0 Å². The molecule has 0 saturated carbocycles. The zero-order chi connectivity index (χ0) is 12.0. The maximum atomic E-state index is 13.0. The maximum absolute atomic E-state index is 13.0. The van der Waals surface area contributed by atoms with Crippen molar-refractivity contribution in [3.8, 4) is 0 Å². The SMILES string of the molecule is CC(=O)SCCC=Cc1cnc(N)c(F)c1. The summed E-state index contributed by atoms with van der Waals surface area (Å²) >= 11 is 1.27. The first-order valence-electron chi connectivity index (χ1n) is 4.80. The third-order valence-electron chi connectivity index (χ3n) is 1.79. The van der Waals surface area contributed by atoms with Gasteiger partial charge in [-0.25, -0.2) is 9.37 Å². The van der Waals surface area contributed by atoms with Gasteiger partial charge in [-0.15, -0.1) is 0 Å². The number of thioether (sulfide) groups is 1. The average Bonchev–Trinajstić information content (AvgIpc) is 2.22. The number of hydrogen-bond donors (Lipinski definition) is 1. The molecule has 3 nitrogen and oxygen atoms in total. The monoisotopic (exact) mass is 240 g/mol. The number of pyridine rings is 1. The van der Waals surface area contributed by atoms with Gasteiger partial charge in [0, 0.05) is 18.9 Å². The molecule has 16 heavy (non-hydrogen) atoms. The third-order valence-corrected chi connectivity index (χ3v) is 2.64. The molecule has 1 aromatic heterocycles. The molecule has 0 aliphatic rings. The van der Waals surface area contributed by atoms with E-state index in [1.165, 1.54) is 30.9 Å². The molecule has 0 aliphatic carbocycles. The first kappa shape index (κ1) is 12.7. The van der Waals surface area contributed by atoms with Crippen molar-refractivity contribution in [2.24, 2.45) is 0 Å². The molecule has 0 aromatic carbocycles. The molecule has 0 amide bonds. The van der Waals surface area contributed by atoms with Crippen molar-refractivity contribution < 1.29 is 9.18 Å². The summed E-state index contributed by atoms with van der Waals surface area (Å²) in [5.74, 6) is 0.126. The number of anilines is 1. The minimum absolute atomic E-state index is 0.0933. The van der Waals surface area contributed by atoms with E-state index in [2.05, 4.69) is 4.98 Å². The summed E-state index contributed by atoms with van der Waals surface area (Å²) in [5, 5.41) is 0.105. The van der Waals surface area contributed by atoms with Crippen LogP contribution in [0.5, 0.6) is 0 Å². The van der Waals surface area contributed by atoms with Crippen LogP contribution in [0.2, 0.25) is 0 Å². The van der Waals surface area contributed by atoms with Crippen LogP contribution in [-0.2, 0) is 4.79 Å². The van der Waals surface area contributed by atoms with Gasteiger partial charge < -0.3 is 5.73 Å². The number of carbonyl (C=O) groups excluding carboxylic acids is 1. The molecule has 0 fully saturated rings. The Morgan fingerprint density at radius 3 is 3.06 bits per heavy atom. The number of hydrogen-bond acceptors (Lipinski definition) is 4. The van der Waals surface area contributed by atoms with Crippen LogP contribution in [-0.4, -0.2) is 15.9 Å². The Kier molecular flexibility index (Phi) is 4.98. The second-order valence-corrected chi connectivity index (χ2v) is 4.44. The first-order chi connectivity index (χ1) is 7.59. The number of nitrogens with two attached hydrogens (primary N) is 1. The molecule has 0 bridgehead atoms. The Morgan fingerprint density at radius 1 is 1.69 bits per heavy atom. The second kappa shape index (κ2) is 6.27.